The molecule has 2 aromatic carbocycles. The third kappa shape index (κ3) is 4.48. The summed E-state index contributed by atoms with van der Waals surface area (Å²) >= 11 is 0.851. The third-order valence-corrected chi connectivity index (χ3v) is 5.30. The number of thiazole rings is 1. The summed E-state index contributed by atoms with van der Waals surface area (Å²) in [6.07, 6.45) is 0.209. The zero-order valence-corrected chi connectivity index (χ0v) is 15.2. The number of fused-ring (bicyclic) bond motifs is 1. The Labute approximate surface area is 161 Å². The minimum Gasteiger partial charge on any atom is -0.480 e. The predicted octanol–water partition coefficient (Wildman–Crippen LogP) is 3.63. The molecular formula is C19H15F3N2O3S. The van der Waals surface area contributed by atoms with E-state index in [9.17, 15) is 22.8 Å². The Hall–Kier alpha value is -2.94. The van der Waals surface area contributed by atoms with Gasteiger partial charge in [0.1, 0.15) is 17.9 Å². The molecule has 1 amide bonds. The van der Waals surface area contributed by atoms with Crippen molar-refractivity contribution in [2.45, 2.75) is 18.8 Å². The highest BCUT2D eigenvalue weighted by Crippen LogP contribution is 2.35. The quantitative estimate of drug-likeness (QED) is 0.585. The molecular weight excluding hydrogens is 393 g/mol. The summed E-state index contributed by atoms with van der Waals surface area (Å²) in [4.78, 5) is 26.8. The van der Waals surface area contributed by atoms with Gasteiger partial charge in [0.25, 0.3) is 0 Å². The fourth-order valence-electron chi connectivity index (χ4n) is 2.79. The van der Waals surface area contributed by atoms with E-state index < -0.39 is 47.3 Å². The van der Waals surface area contributed by atoms with E-state index >= 15 is 0 Å². The molecule has 2 N–H and O–H groups in total. The van der Waals surface area contributed by atoms with Gasteiger partial charge >= 0.3 is 5.97 Å². The Balaban J connectivity index is 1.94. The van der Waals surface area contributed by atoms with Gasteiger partial charge in [-0.15, -0.1) is 11.3 Å². The fraction of sp³-hybridized carbons (Fsp3) is 0.211. The van der Waals surface area contributed by atoms with Crippen molar-refractivity contribution in [2.75, 3.05) is 6.54 Å². The second-order valence-electron chi connectivity index (χ2n) is 6.15. The van der Waals surface area contributed by atoms with E-state index in [-0.39, 0.29) is 16.1 Å². The molecule has 1 heterocycles. The number of aliphatic carboxylic acids is 1. The van der Waals surface area contributed by atoms with Gasteiger partial charge in [0.15, 0.2) is 11.6 Å². The van der Waals surface area contributed by atoms with Gasteiger partial charge in [0, 0.05) is 18.4 Å². The first-order valence-electron chi connectivity index (χ1n) is 8.31. The van der Waals surface area contributed by atoms with Crippen LogP contribution in [0, 0.1) is 17.5 Å². The smallest absolute Gasteiger partial charge is 0.322 e. The van der Waals surface area contributed by atoms with Gasteiger partial charge in [-0.25, -0.2) is 18.2 Å². The first kappa shape index (κ1) is 19.8. The van der Waals surface area contributed by atoms with Crippen LogP contribution in [0.5, 0.6) is 0 Å². The minimum atomic E-state index is -1.33. The number of carboxylic acids is 1. The van der Waals surface area contributed by atoms with Gasteiger partial charge in [-0.1, -0.05) is 30.3 Å². The number of hydrogen-bond acceptors (Lipinski definition) is 4. The summed E-state index contributed by atoms with van der Waals surface area (Å²) in [5.74, 6) is -5.78. The molecule has 146 valence electrons. The summed E-state index contributed by atoms with van der Waals surface area (Å²) in [7, 11) is 0. The molecule has 0 spiro atoms. The second-order valence-corrected chi connectivity index (χ2v) is 7.18. The number of nitrogens with one attached hydrogen (secondary N) is 1. The van der Waals surface area contributed by atoms with E-state index in [0.29, 0.717) is 12.5 Å². The standard InChI is InChI=1S/C19H15F3N2O3S/c20-12-8-13(21)18-17(16(12)22)24-19(28-18)11(6-10-4-2-1-3-5-10)7-14(25)23-9-15(26)27/h1-5,8,11H,6-7,9H2,(H,23,25)(H,26,27). The van der Waals surface area contributed by atoms with Crippen molar-refractivity contribution in [2.24, 2.45) is 0 Å². The predicted molar refractivity (Wildman–Crippen MR) is 97.6 cm³/mol. The number of benzene rings is 2. The molecule has 5 nitrogen and oxygen atoms in total. The van der Waals surface area contributed by atoms with Crippen LogP contribution in [-0.2, 0) is 16.0 Å². The first-order chi connectivity index (χ1) is 13.3. The van der Waals surface area contributed by atoms with Crippen LogP contribution < -0.4 is 5.32 Å². The van der Waals surface area contributed by atoms with Crippen molar-refractivity contribution in [3.63, 3.8) is 0 Å². The summed E-state index contributed by atoms with van der Waals surface area (Å²) in [6.45, 7) is -0.537. The monoisotopic (exact) mass is 408 g/mol. The molecule has 0 fully saturated rings. The number of carboxylic acid groups (broad SMARTS) is 1. The Morgan fingerprint density at radius 1 is 1.14 bits per heavy atom. The highest BCUT2D eigenvalue weighted by molar-refractivity contribution is 7.18. The van der Waals surface area contributed by atoms with Crippen LogP contribution in [0.4, 0.5) is 13.2 Å². The van der Waals surface area contributed by atoms with Gasteiger partial charge in [-0.2, -0.15) is 0 Å². The number of amides is 1. The van der Waals surface area contributed by atoms with Crippen molar-refractivity contribution in [1.29, 1.82) is 0 Å². The SMILES string of the molecule is O=C(O)CNC(=O)CC(Cc1ccccc1)c1nc2c(F)c(F)cc(F)c2s1. The van der Waals surface area contributed by atoms with E-state index in [1.165, 1.54) is 0 Å². The molecule has 1 aromatic heterocycles. The molecule has 0 bridgehead atoms. The highest BCUT2D eigenvalue weighted by atomic mass is 32.1. The lowest BCUT2D eigenvalue weighted by molar-refractivity contribution is -0.138. The molecule has 3 aromatic rings. The molecule has 1 atom stereocenters. The van der Waals surface area contributed by atoms with Gasteiger partial charge in [0.2, 0.25) is 5.91 Å². The molecule has 0 aliphatic heterocycles. The van der Waals surface area contributed by atoms with E-state index in [1.807, 2.05) is 30.3 Å². The maximum absolute atomic E-state index is 14.0. The molecule has 0 aliphatic carbocycles. The van der Waals surface area contributed by atoms with Crippen LogP contribution in [0.25, 0.3) is 10.2 Å². The van der Waals surface area contributed by atoms with E-state index in [0.717, 1.165) is 16.9 Å². The highest BCUT2D eigenvalue weighted by Gasteiger charge is 2.24. The molecule has 0 saturated heterocycles. The summed E-state index contributed by atoms with van der Waals surface area (Å²) < 4.78 is 41.4. The summed E-state index contributed by atoms with van der Waals surface area (Å²) in [6, 6.07) is 9.56. The lowest BCUT2D eigenvalue weighted by Crippen LogP contribution is -2.30. The lowest BCUT2D eigenvalue weighted by Gasteiger charge is -2.14. The number of carbonyl (C=O) groups is 2. The van der Waals surface area contributed by atoms with Crippen LogP contribution in [0.3, 0.4) is 0 Å². The number of carbonyl (C=O) groups excluding carboxylic acids is 1. The normalized spacial score (nSPS) is 12.1. The zero-order chi connectivity index (χ0) is 20.3. The fourth-order valence-corrected chi connectivity index (χ4v) is 3.86. The minimum absolute atomic E-state index is 0.127. The van der Waals surface area contributed by atoms with E-state index in [1.54, 1.807) is 0 Å². The Morgan fingerprint density at radius 2 is 1.86 bits per heavy atom. The Kier molecular flexibility index (Phi) is 5.93. The molecule has 0 saturated carbocycles. The van der Waals surface area contributed by atoms with Crippen molar-refractivity contribution in [3.05, 3.63) is 64.4 Å². The van der Waals surface area contributed by atoms with Crippen LogP contribution >= 0.6 is 11.3 Å². The van der Waals surface area contributed by atoms with Gasteiger partial charge in [-0.05, 0) is 12.0 Å². The molecule has 1 unspecified atom stereocenters. The topological polar surface area (TPSA) is 79.3 Å². The van der Waals surface area contributed by atoms with Gasteiger partial charge in [-0.3, -0.25) is 9.59 Å². The molecule has 0 aliphatic rings. The maximum atomic E-state index is 14.0. The number of aromatic nitrogens is 1. The van der Waals surface area contributed by atoms with Crippen molar-refractivity contribution in [3.8, 4) is 0 Å². The van der Waals surface area contributed by atoms with Crippen LogP contribution in [-0.4, -0.2) is 28.5 Å². The van der Waals surface area contributed by atoms with Gasteiger partial charge in [0.05, 0.1) is 9.71 Å². The first-order valence-corrected chi connectivity index (χ1v) is 9.13. The van der Waals surface area contributed by atoms with Crippen LogP contribution in [0.2, 0.25) is 0 Å². The third-order valence-electron chi connectivity index (χ3n) is 4.07. The van der Waals surface area contributed by atoms with Crippen molar-refractivity contribution >= 4 is 33.4 Å². The molecule has 28 heavy (non-hydrogen) atoms. The summed E-state index contributed by atoms with van der Waals surface area (Å²) in [5, 5.41) is 11.2. The Morgan fingerprint density at radius 3 is 2.54 bits per heavy atom. The number of nitrogens with zero attached hydrogens (tertiary/aromatic N) is 1. The summed E-state index contributed by atoms with van der Waals surface area (Å²) in [5.41, 5.74) is 0.450. The maximum Gasteiger partial charge on any atom is 0.322 e. The zero-order valence-electron chi connectivity index (χ0n) is 14.4. The number of hydrogen-bond donors (Lipinski definition) is 2. The van der Waals surface area contributed by atoms with E-state index in [2.05, 4.69) is 10.3 Å². The lowest BCUT2D eigenvalue weighted by atomic mass is 9.96. The average Bonchev–Trinajstić information content (AvgIpc) is 3.11. The second kappa shape index (κ2) is 8.39. The van der Waals surface area contributed by atoms with Gasteiger partial charge < -0.3 is 10.4 Å². The number of rotatable bonds is 7. The number of halogens is 3. The van der Waals surface area contributed by atoms with Crippen molar-refractivity contribution in [1.82, 2.24) is 10.3 Å². The molecule has 9 heteroatoms. The van der Waals surface area contributed by atoms with Crippen LogP contribution in [0.15, 0.2) is 36.4 Å². The molecule has 0 radical (unpaired) electrons. The van der Waals surface area contributed by atoms with Crippen LogP contribution in [0.1, 0.15) is 22.9 Å². The molecule has 3 rings (SSSR count). The average molecular weight is 408 g/mol. The Bertz CT molecular complexity index is 1020. The van der Waals surface area contributed by atoms with E-state index in [4.69, 9.17) is 5.11 Å². The largest absolute Gasteiger partial charge is 0.480 e. The van der Waals surface area contributed by atoms with Crippen molar-refractivity contribution < 1.29 is 27.9 Å².